The van der Waals surface area contributed by atoms with Crippen molar-refractivity contribution in [3.05, 3.63) is 80.6 Å². The van der Waals surface area contributed by atoms with E-state index in [0.29, 0.717) is 18.8 Å². The lowest BCUT2D eigenvalue weighted by Gasteiger charge is -2.15. The topological polar surface area (TPSA) is 130 Å². The van der Waals surface area contributed by atoms with Crippen LogP contribution in [0.15, 0.2) is 54.0 Å². The third-order valence-corrected chi connectivity index (χ3v) is 6.57. The Morgan fingerprint density at radius 2 is 2.03 bits per heavy atom. The summed E-state index contributed by atoms with van der Waals surface area (Å²) in [5.74, 6) is -0.283. The summed E-state index contributed by atoms with van der Waals surface area (Å²) in [6.07, 6.45) is 2.81. The van der Waals surface area contributed by atoms with Crippen molar-refractivity contribution in [2.75, 3.05) is 25.0 Å². The Hall–Kier alpha value is -3.70. The van der Waals surface area contributed by atoms with Crippen LogP contribution in [0.3, 0.4) is 0 Å². The molecule has 2 N–H and O–H groups in total. The van der Waals surface area contributed by atoms with Gasteiger partial charge in [0.2, 0.25) is 5.91 Å². The fourth-order valence-corrected chi connectivity index (χ4v) is 4.72. The van der Waals surface area contributed by atoms with Gasteiger partial charge in [0.1, 0.15) is 11.4 Å². The second kappa shape index (κ2) is 10.9. The number of thiazole rings is 1. The number of anilines is 1. The van der Waals surface area contributed by atoms with Crippen molar-refractivity contribution in [3.8, 4) is 0 Å². The third kappa shape index (κ3) is 6.00. The summed E-state index contributed by atoms with van der Waals surface area (Å²) in [6, 6.07) is 11.6. The highest BCUT2D eigenvalue weighted by Gasteiger charge is 2.27. The van der Waals surface area contributed by atoms with Crippen molar-refractivity contribution in [1.29, 1.82) is 0 Å². The second-order valence-electron chi connectivity index (χ2n) is 7.93. The van der Waals surface area contributed by atoms with E-state index in [0.717, 1.165) is 30.2 Å². The monoisotopic (exact) mass is 480 g/mol. The molecule has 2 amide bonds. The van der Waals surface area contributed by atoms with Gasteiger partial charge in [-0.15, -0.1) is 11.3 Å². The molecule has 2 aromatic heterocycles. The predicted molar refractivity (Wildman–Crippen MR) is 128 cm³/mol. The summed E-state index contributed by atoms with van der Waals surface area (Å²) in [6.45, 7) is 2.47. The summed E-state index contributed by atoms with van der Waals surface area (Å²) in [7, 11) is 0. The van der Waals surface area contributed by atoms with Crippen LogP contribution in [-0.4, -0.2) is 51.2 Å². The van der Waals surface area contributed by atoms with E-state index < -0.39 is 4.92 Å². The minimum absolute atomic E-state index is 0.124. The Labute approximate surface area is 200 Å². The molecule has 0 bridgehead atoms. The van der Waals surface area contributed by atoms with Gasteiger partial charge >= 0.3 is 0 Å². The van der Waals surface area contributed by atoms with Gasteiger partial charge in [-0.3, -0.25) is 24.7 Å². The Kier molecular flexibility index (Phi) is 7.55. The van der Waals surface area contributed by atoms with Gasteiger partial charge < -0.3 is 15.5 Å². The van der Waals surface area contributed by atoms with Gasteiger partial charge in [0.25, 0.3) is 11.6 Å². The number of nitro benzene ring substituents is 1. The van der Waals surface area contributed by atoms with Crippen LogP contribution in [0.2, 0.25) is 0 Å². The fraction of sp³-hybridized carbons (Fsp3) is 0.304. The lowest BCUT2D eigenvalue weighted by molar-refractivity contribution is -0.383. The molecular weight excluding hydrogens is 456 g/mol. The average Bonchev–Trinajstić information content (AvgIpc) is 3.52. The molecule has 0 spiro atoms. The van der Waals surface area contributed by atoms with Gasteiger partial charge in [0, 0.05) is 43.1 Å². The molecule has 3 aromatic rings. The molecule has 176 valence electrons. The average molecular weight is 481 g/mol. The zero-order valence-corrected chi connectivity index (χ0v) is 19.2. The first-order valence-corrected chi connectivity index (χ1v) is 11.8. The highest BCUT2D eigenvalue weighted by atomic mass is 32.1. The predicted octanol–water partition coefficient (Wildman–Crippen LogP) is 3.19. The third-order valence-electron chi connectivity index (χ3n) is 5.56. The number of hydrogen-bond donors (Lipinski definition) is 2. The molecule has 0 radical (unpaired) electrons. The molecule has 3 heterocycles. The number of amides is 2. The molecule has 1 aliphatic heterocycles. The van der Waals surface area contributed by atoms with Crippen molar-refractivity contribution in [1.82, 2.24) is 20.2 Å². The number of pyridine rings is 1. The van der Waals surface area contributed by atoms with E-state index in [2.05, 4.69) is 25.5 Å². The molecule has 10 nitrogen and oxygen atoms in total. The van der Waals surface area contributed by atoms with Crippen molar-refractivity contribution in [2.24, 2.45) is 0 Å². The number of nitro groups is 1. The second-order valence-corrected chi connectivity index (χ2v) is 8.82. The molecule has 0 saturated carbocycles. The van der Waals surface area contributed by atoms with Crippen LogP contribution in [-0.2, 0) is 11.3 Å². The van der Waals surface area contributed by atoms with E-state index in [4.69, 9.17) is 0 Å². The molecule has 11 heteroatoms. The van der Waals surface area contributed by atoms with Crippen molar-refractivity contribution < 1.29 is 14.5 Å². The number of nitrogens with zero attached hydrogens (tertiary/aromatic N) is 4. The summed E-state index contributed by atoms with van der Waals surface area (Å²) in [5.41, 5.74) is 1.26. The number of nitrogens with one attached hydrogen (secondary N) is 2. The zero-order valence-electron chi connectivity index (χ0n) is 18.3. The van der Waals surface area contributed by atoms with E-state index in [1.54, 1.807) is 23.7 Å². The van der Waals surface area contributed by atoms with Crippen LogP contribution in [0.5, 0.6) is 0 Å². The highest BCUT2D eigenvalue weighted by molar-refractivity contribution is 7.09. The summed E-state index contributed by atoms with van der Waals surface area (Å²) >= 11 is 1.47. The summed E-state index contributed by atoms with van der Waals surface area (Å²) in [4.78, 5) is 46.2. The maximum atomic E-state index is 12.4. The normalized spacial score (nSPS) is 15.7. The molecule has 1 unspecified atom stereocenters. The maximum Gasteiger partial charge on any atom is 0.292 e. The molecule has 34 heavy (non-hydrogen) atoms. The van der Waals surface area contributed by atoms with Crippen molar-refractivity contribution >= 4 is 34.5 Å². The van der Waals surface area contributed by atoms with Crippen LogP contribution in [0.1, 0.15) is 39.9 Å². The highest BCUT2D eigenvalue weighted by Crippen LogP contribution is 2.30. The molecule has 0 aliphatic carbocycles. The number of carbonyl (C=O) groups excluding carboxylic acids is 2. The minimum Gasteiger partial charge on any atom is -0.345 e. The van der Waals surface area contributed by atoms with E-state index in [1.807, 2.05) is 18.2 Å². The molecular formula is C23H24N6O4S. The Balaban J connectivity index is 1.24. The first-order valence-electron chi connectivity index (χ1n) is 10.9. The van der Waals surface area contributed by atoms with Gasteiger partial charge in [-0.1, -0.05) is 18.2 Å². The first kappa shape index (κ1) is 23.5. The van der Waals surface area contributed by atoms with Gasteiger partial charge in [0.15, 0.2) is 0 Å². The minimum atomic E-state index is -0.512. The number of benzene rings is 1. The molecule has 1 aromatic carbocycles. The number of rotatable bonds is 9. The molecule has 1 atom stereocenters. The summed E-state index contributed by atoms with van der Waals surface area (Å²) < 4.78 is 0. The fourth-order valence-electron chi connectivity index (χ4n) is 3.79. The van der Waals surface area contributed by atoms with Crippen LogP contribution in [0, 0.1) is 10.1 Å². The SMILES string of the molecule is O=C(CCN1CCC(c2nc(C(=O)NCc3ccccn3)cs2)C1)Nc1ccccc1[N+](=O)[O-]. The number of aromatic nitrogens is 2. The van der Waals surface area contributed by atoms with E-state index in [-0.39, 0.29) is 35.5 Å². The van der Waals surface area contributed by atoms with Gasteiger partial charge in [-0.05, 0) is 31.2 Å². The molecule has 1 saturated heterocycles. The molecule has 1 fully saturated rings. The largest absolute Gasteiger partial charge is 0.345 e. The van der Waals surface area contributed by atoms with E-state index in [9.17, 15) is 19.7 Å². The van der Waals surface area contributed by atoms with Crippen LogP contribution < -0.4 is 10.6 Å². The molecule has 4 rings (SSSR count). The maximum absolute atomic E-state index is 12.4. The van der Waals surface area contributed by atoms with Crippen molar-refractivity contribution in [2.45, 2.75) is 25.3 Å². The van der Waals surface area contributed by atoms with Gasteiger partial charge in [-0.25, -0.2) is 4.98 Å². The van der Waals surface area contributed by atoms with Gasteiger partial charge in [-0.2, -0.15) is 0 Å². The lowest BCUT2D eigenvalue weighted by Crippen LogP contribution is -2.26. The van der Waals surface area contributed by atoms with Crippen LogP contribution >= 0.6 is 11.3 Å². The van der Waals surface area contributed by atoms with Gasteiger partial charge in [0.05, 0.1) is 22.2 Å². The Bertz CT molecular complexity index is 1170. The van der Waals surface area contributed by atoms with E-state index in [1.165, 1.54) is 23.5 Å². The van der Waals surface area contributed by atoms with Crippen molar-refractivity contribution in [3.63, 3.8) is 0 Å². The first-order chi connectivity index (χ1) is 16.5. The number of likely N-dealkylation sites (tertiary alicyclic amines) is 1. The molecule has 1 aliphatic rings. The quantitative estimate of drug-likeness (QED) is 0.355. The Morgan fingerprint density at radius 3 is 2.82 bits per heavy atom. The van der Waals surface area contributed by atoms with Crippen LogP contribution in [0.25, 0.3) is 0 Å². The standard InChI is InChI=1S/C23H24N6O4S/c30-21(26-18-6-1-2-7-20(18)29(32)33)9-12-28-11-8-16(14-28)23-27-19(15-34-23)22(31)25-13-17-5-3-4-10-24-17/h1-7,10,15-16H,8-9,11-14H2,(H,25,31)(H,26,30). The number of carbonyl (C=O) groups is 2. The lowest BCUT2D eigenvalue weighted by atomic mass is 10.1. The van der Waals surface area contributed by atoms with Crippen LogP contribution in [0.4, 0.5) is 11.4 Å². The number of para-hydroxylation sites is 2. The zero-order chi connectivity index (χ0) is 23.9. The van der Waals surface area contributed by atoms with E-state index >= 15 is 0 Å². The smallest absolute Gasteiger partial charge is 0.292 e. The summed E-state index contributed by atoms with van der Waals surface area (Å²) in [5, 5.41) is 19.3. The Morgan fingerprint density at radius 1 is 1.21 bits per heavy atom. The number of hydrogen-bond acceptors (Lipinski definition) is 8.